The third-order valence-electron chi connectivity index (χ3n) is 8.72. The summed E-state index contributed by atoms with van der Waals surface area (Å²) in [6.07, 6.45) is 17.0. The van der Waals surface area contributed by atoms with Crippen LogP contribution in [0.1, 0.15) is 77.0 Å². The molecule has 0 aromatic carbocycles. The van der Waals surface area contributed by atoms with Crippen LogP contribution in [0, 0.1) is 47.3 Å². The van der Waals surface area contributed by atoms with Crippen LogP contribution in [0.5, 0.6) is 0 Å². The number of rotatable bonds is 0. The Morgan fingerprint density at radius 2 is 1.27 bits per heavy atom. The fourth-order valence-electron chi connectivity index (χ4n) is 7.84. The topological polar surface area (TPSA) is 17.1 Å². The second kappa shape index (κ2) is 5.35. The molecule has 1 nitrogen and oxygen atoms in total. The monoisotopic (exact) mass is 300 g/mol. The van der Waals surface area contributed by atoms with Gasteiger partial charge in [-0.3, -0.25) is 4.79 Å². The zero-order valence-electron chi connectivity index (χ0n) is 14.0. The Morgan fingerprint density at radius 1 is 0.591 bits per heavy atom. The molecular weight excluding hydrogens is 268 g/mol. The summed E-state index contributed by atoms with van der Waals surface area (Å²) in [5, 5.41) is 0. The Bertz CT molecular complexity index is 455. The van der Waals surface area contributed by atoms with Crippen LogP contribution in [0.15, 0.2) is 0 Å². The average Bonchev–Trinajstić information content (AvgIpc) is 2.85. The van der Waals surface area contributed by atoms with Gasteiger partial charge in [-0.15, -0.1) is 0 Å². The summed E-state index contributed by atoms with van der Waals surface area (Å²) in [5.41, 5.74) is 0. The Kier molecular flexibility index (Phi) is 3.42. The summed E-state index contributed by atoms with van der Waals surface area (Å²) in [7, 11) is 0. The molecule has 0 amide bonds. The first-order valence-electron chi connectivity index (χ1n) is 10.4. The molecule has 0 aliphatic heterocycles. The van der Waals surface area contributed by atoms with E-state index >= 15 is 0 Å². The highest BCUT2D eigenvalue weighted by Crippen LogP contribution is 2.60. The highest BCUT2D eigenvalue weighted by molar-refractivity contribution is 5.87. The molecule has 0 heterocycles. The summed E-state index contributed by atoms with van der Waals surface area (Å²) in [6, 6.07) is 0. The van der Waals surface area contributed by atoms with Crippen molar-refractivity contribution in [1.29, 1.82) is 0 Å². The van der Waals surface area contributed by atoms with E-state index in [0.29, 0.717) is 11.8 Å². The van der Waals surface area contributed by atoms with Gasteiger partial charge >= 0.3 is 0 Å². The normalized spacial score (nSPS) is 54.1. The number of Topliss-reactive ketones (excluding diaryl/α,β-unsaturated/α-hetero) is 1. The van der Waals surface area contributed by atoms with Crippen molar-refractivity contribution in [3.63, 3.8) is 0 Å². The molecule has 122 valence electrons. The molecule has 8 unspecified atom stereocenters. The van der Waals surface area contributed by atoms with E-state index in [-0.39, 0.29) is 0 Å². The van der Waals surface area contributed by atoms with Crippen molar-refractivity contribution in [3.05, 3.63) is 0 Å². The van der Waals surface area contributed by atoms with Crippen LogP contribution in [-0.2, 0) is 4.79 Å². The molecule has 5 aliphatic rings. The first-order chi connectivity index (χ1) is 10.8. The first-order valence-corrected chi connectivity index (χ1v) is 10.4. The minimum atomic E-state index is 0.495. The summed E-state index contributed by atoms with van der Waals surface area (Å²) in [5.74, 6) is 7.00. The summed E-state index contributed by atoms with van der Waals surface area (Å²) >= 11 is 0. The highest BCUT2D eigenvalue weighted by Gasteiger charge is 2.57. The van der Waals surface area contributed by atoms with Crippen LogP contribution in [0.4, 0.5) is 0 Å². The van der Waals surface area contributed by atoms with Crippen LogP contribution < -0.4 is 0 Å². The lowest BCUT2D eigenvalue weighted by atomic mass is 9.59. The van der Waals surface area contributed by atoms with E-state index in [1.165, 1.54) is 77.0 Å². The third-order valence-corrected chi connectivity index (χ3v) is 8.72. The van der Waals surface area contributed by atoms with Crippen molar-refractivity contribution in [2.45, 2.75) is 77.0 Å². The second-order valence-electron chi connectivity index (χ2n) is 9.42. The molecule has 1 heteroatoms. The molecule has 5 saturated carbocycles. The van der Waals surface area contributed by atoms with Gasteiger partial charge in [-0.05, 0) is 67.6 Å². The van der Waals surface area contributed by atoms with Crippen molar-refractivity contribution in [1.82, 2.24) is 0 Å². The van der Waals surface area contributed by atoms with Crippen LogP contribution in [0.2, 0.25) is 0 Å². The number of carbonyl (C=O) groups is 1. The lowest BCUT2D eigenvalue weighted by Crippen LogP contribution is -2.38. The van der Waals surface area contributed by atoms with Crippen molar-refractivity contribution < 1.29 is 4.79 Å². The second-order valence-corrected chi connectivity index (χ2v) is 9.42. The lowest BCUT2D eigenvalue weighted by Gasteiger charge is -2.45. The van der Waals surface area contributed by atoms with Gasteiger partial charge in [-0.1, -0.05) is 44.9 Å². The number of hydrogen-bond acceptors (Lipinski definition) is 1. The molecule has 5 aliphatic carbocycles. The van der Waals surface area contributed by atoms with E-state index in [1.54, 1.807) is 0 Å². The first kappa shape index (κ1) is 14.1. The molecule has 0 radical (unpaired) electrons. The van der Waals surface area contributed by atoms with E-state index in [2.05, 4.69) is 0 Å². The molecule has 0 saturated heterocycles. The average molecular weight is 300 g/mol. The summed E-state index contributed by atoms with van der Waals surface area (Å²) in [6.45, 7) is 0. The maximum Gasteiger partial charge on any atom is 0.139 e. The van der Waals surface area contributed by atoms with Gasteiger partial charge in [0.2, 0.25) is 0 Å². The predicted molar refractivity (Wildman–Crippen MR) is 88.3 cm³/mol. The van der Waals surface area contributed by atoms with E-state index in [1.807, 2.05) is 0 Å². The summed E-state index contributed by atoms with van der Waals surface area (Å²) < 4.78 is 0. The molecule has 0 bridgehead atoms. The molecule has 5 rings (SSSR count). The Labute approximate surface area is 135 Å². The van der Waals surface area contributed by atoms with Crippen LogP contribution in [-0.4, -0.2) is 5.78 Å². The van der Waals surface area contributed by atoms with Gasteiger partial charge in [0.1, 0.15) is 5.78 Å². The van der Waals surface area contributed by atoms with E-state index in [9.17, 15) is 4.79 Å². The third kappa shape index (κ3) is 1.99. The van der Waals surface area contributed by atoms with Crippen molar-refractivity contribution in [2.75, 3.05) is 0 Å². The number of hydrogen-bond donors (Lipinski definition) is 0. The Balaban J connectivity index is 1.42. The van der Waals surface area contributed by atoms with Gasteiger partial charge < -0.3 is 0 Å². The minimum Gasteiger partial charge on any atom is -0.299 e. The van der Waals surface area contributed by atoms with Crippen molar-refractivity contribution in [2.24, 2.45) is 47.3 Å². The zero-order chi connectivity index (χ0) is 14.7. The minimum absolute atomic E-state index is 0.495. The van der Waals surface area contributed by atoms with Crippen molar-refractivity contribution in [3.8, 4) is 0 Å². The van der Waals surface area contributed by atoms with Gasteiger partial charge in [-0.25, -0.2) is 0 Å². The summed E-state index contributed by atoms with van der Waals surface area (Å²) in [4.78, 5) is 13.3. The standard InChI is InChI=1S/C21H32O/c22-21-19-12-15-7-2-1-6-14(15)11-18(19)17-10-9-13-5-3-4-8-16(13)20(17)21/h13-20H,1-12H2. The van der Waals surface area contributed by atoms with E-state index in [0.717, 1.165) is 41.3 Å². The largest absolute Gasteiger partial charge is 0.299 e. The molecule has 0 aromatic rings. The Morgan fingerprint density at radius 3 is 2.09 bits per heavy atom. The molecule has 0 aromatic heterocycles. The molecule has 22 heavy (non-hydrogen) atoms. The fraction of sp³-hybridized carbons (Fsp3) is 0.952. The van der Waals surface area contributed by atoms with Crippen LogP contribution in [0.25, 0.3) is 0 Å². The Hall–Kier alpha value is -0.330. The van der Waals surface area contributed by atoms with Gasteiger partial charge in [0, 0.05) is 11.8 Å². The zero-order valence-corrected chi connectivity index (χ0v) is 14.0. The van der Waals surface area contributed by atoms with E-state index in [4.69, 9.17) is 0 Å². The van der Waals surface area contributed by atoms with Crippen LogP contribution >= 0.6 is 0 Å². The van der Waals surface area contributed by atoms with Crippen molar-refractivity contribution >= 4 is 5.78 Å². The smallest absolute Gasteiger partial charge is 0.139 e. The van der Waals surface area contributed by atoms with Crippen LogP contribution in [0.3, 0.4) is 0 Å². The molecule has 8 atom stereocenters. The lowest BCUT2D eigenvalue weighted by molar-refractivity contribution is -0.129. The molecule has 5 fully saturated rings. The quantitative estimate of drug-likeness (QED) is 0.598. The maximum atomic E-state index is 13.3. The number of ketones is 1. The fourth-order valence-corrected chi connectivity index (χ4v) is 7.84. The molecule has 0 spiro atoms. The number of fused-ring (bicyclic) bond motifs is 6. The van der Waals surface area contributed by atoms with Gasteiger partial charge in [0.15, 0.2) is 0 Å². The highest BCUT2D eigenvalue weighted by atomic mass is 16.1. The maximum absolute atomic E-state index is 13.3. The molecule has 0 N–H and O–H groups in total. The van der Waals surface area contributed by atoms with Gasteiger partial charge in [0.05, 0.1) is 0 Å². The van der Waals surface area contributed by atoms with E-state index < -0.39 is 0 Å². The molecular formula is C21H32O. The predicted octanol–water partition coefficient (Wildman–Crippen LogP) is 5.23. The number of carbonyl (C=O) groups excluding carboxylic acids is 1. The van der Waals surface area contributed by atoms with Gasteiger partial charge in [-0.2, -0.15) is 0 Å². The SMILES string of the molecule is O=C1C2CC3CCCCC3CC2C2CCC3CCCCC3C12. The van der Waals surface area contributed by atoms with Gasteiger partial charge in [0.25, 0.3) is 0 Å².